The van der Waals surface area contributed by atoms with E-state index in [4.69, 9.17) is 14.6 Å². The van der Waals surface area contributed by atoms with Gasteiger partial charge in [0, 0.05) is 6.61 Å². The minimum absolute atomic E-state index is 0.144. The molecule has 0 bridgehead atoms. The van der Waals surface area contributed by atoms with Gasteiger partial charge in [-0.3, -0.25) is 0 Å². The lowest BCUT2D eigenvalue weighted by atomic mass is 10.1. The second kappa shape index (κ2) is 17.4. The molecular weight excluding hydrogens is 356 g/mol. The van der Waals surface area contributed by atoms with Gasteiger partial charge in [0.2, 0.25) is 0 Å². The number of hydrogen-bond donors (Lipinski definition) is 3. The molecule has 0 aromatic carbocycles. The van der Waals surface area contributed by atoms with Gasteiger partial charge >= 0.3 is 0 Å². The van der Waals surface area contributed by atoms with Gasteiger partial charge in [0.1, 0.15) is 24.4 Å². The van der Waals surface area contributed by atoms with Gasteiger partial charge in [0.05, 0.1) is 13.2 Å². The largest absolute Gasteiger partial charge is 0.394 e. The summed E-state index contributed by atoms with van der Waals surface area (Å²) in [6.07, 6.45) is 18.2. The molecule has 0 aromatic heterocycles. The first kappa shape index (κ1) is 25.6. The van der Waals surface area contributed by atoms with Gasteiger partial charge in [0.25, 0.3) is 0 Å². The van der Waals surface area contributed by atoms with Crippen molar-refractivity contribution in [3.05, 3.63) is 12.2 Å². The van der Waals surface area contributed by atoms with Crippen molar-refractivity contribution in [2.75, 3.05) is 19.8 Å². The summed E-state index contributed by atoms with van der Waals surface area (Å²) in [5.74, 6) is 0. The fourth-order valence-electron chi connectivity index (χ4n) is 3.66. The van der Waals surface area contributed by atoms with Crippen LogP contribution in [-0.4, -0.2) is 59.6 Å². The van der Waals surface area contributed by atoms with E-state index in [1.54, 1.807) is 0 Å². The molecule has 1 fully saturated rings. The Balaban J connectivity index is 1.90. The molecule has 1 aliphatic heterocycles. The summed E-state index contributed by atoms with van der Waals surface area (Å²) in [7, 11) is 0. The van der Waals surface area contributed by atoms with Crippen molar-refractivity contribution in [1.82, 2.24) is 0 Å². The Kier molecular flexibility index (Phi) is 15.9. The van der Waals surface area contributed by atoms with Crippen molar-refractivity contribution in [2.45, 2.75) is 115 Å². The fourth-order valence-corrected chi connectivity index (χ4v) is 3.66. The summed E-state index contributed by atoms with van der Waals surface area (Å²) in [6, 6.07) is 0. The van der Waals surface area contributed by atoms with Gasteiger partial charge in [0.15, 0.2) is 0 Å². The highest BCUT2D eigenvalue weighted by molar-refractivity contribution is 4.89. The lowest BCUT2D eigenvalue weighted by Crippen LogP contribution is -2.42. The van der Waals surface area contributed by atoms with Crippen LogP contribution in [0.25, 0.3) is 0 Å². The van der Waals surface area contributed by atoms with E-state index in [2.05, 4.69) is 19.1 Å². The molecular formula is C23H44O5. The molecule has 28 heavy (non-hydrogen) atoms. The molecule has 5 heteroatoms. The summed E-state index contributed by atoms with van der Waals surface area (Å²) >= 11 is 0. The van der Waals surface area contributed by atoms with Gasteiger partial charge in [-0.1, -0.05) is 76.9 Å². The maximum Gasteiger partial charge on any atom is 0.114 e. The van der Waals surface area contributed by atoms with Crippen LogP contribution in [0.5, 0.6) is 0 Å². The Morgan fingerprint density at radius 3 is 2.11 bits per heavy atom. The van der Waals surface area contributed by atoms with Crippen molar-refractivity contribution in [2.24, 2.45) is 0 Å². The molecule has 0 saturated carbocycles. The average Bonchev–Trinajstić information content (AvgIpc) is 3.07. The van der Waals surface area contributed by atoms with E-state index in [-0.39, 0.29) is 13.2 Å². The molecule has 1 rings (SSSR count). The minimum Gasteiger partial charge on any atom is -0.394 e. The van der Waals surface area contributed by atoms with E-state index in [1.165, 1.54) is 64.2 Å². The third kappa shape index (κ3) is 11.5. The first-order chi connectivity index (χ1) is 13.7. The van der Waals surface area contributed by atoms with Crippen molar-refractivity contribution in [3.63, 3.8) is 0 Å². The maximum atomic E-state index is 9.87. The third-order valence-electron chi connectivity index (χ3n) is 5.45. The highest BCUT2D eigenvalue weighted by atomic mass is 16.6. The molecule has 0 radical (unpaired) electrons. The zero-order chi connectivity index (χ0) is 20.5. The molecule has 1 aliphatic rings. The average molecular weight is 401 g/mol. The molecule has 1 saturated heterocycles. The number of allylic oxidation sites excluding steroid dienone is 2. The zero-order valence-electron chi connectivity index (χ0n) is 17.9. The van der Waals surface area contributed by atoms with Crippen LogP contribution >= 0.6 is 0 Å². The summed E-state index contributed by atoms with van der Waals surface area (Å²) in [5, 5.41) is 28.6. The Labute approximate surface area is 172 Å². The summed E-state index contributed by atoms with van der Waals surface area (Å²) in [4.78, 5) is 0. The lowest BCUT2D eigenvalue weighted by molar-refractivity contribution is -0.0935. The van der Waals surface area contributed by atoms with Gasteiger partial charge in [-0.15, -0.1) is 0 Å². The molecule has 0 aromatic rings. The molecule has 1 heterocycles. The van der Waals surface area contributed by atoms with E-state index < -0.39 is 24.4 Å². The number of aliphatic hydroxyl groups is 3. The van der Waals surface area contributed by atoms with Crippen LogP contribution in [-0.2, 0) is 9.47 Å². The highest BCUT2D eigenvalue weighted by Crippen LogP contribution is 2.21. The fraction of sp³-hybridized carbons (Fsp3) is 0.913. The summed E-state index contributed by atoms with van der Waals surface area (Å²) < 4.78 is 11.0. The molecule has 0 amide bonds. The second-order valence-electron chi connectivity index (χ2n) is 8.03. The first-order valence-corrected chi connectivity index (χ1v) is 11.6. The Morgan fingerprint density at radius 2 is 1.50 bits per heavy atom. The van der Waals surface area contributed by atoms with Crippen LogP contribution in [0.1, 0.15) is 90.4 Å². The number of hydrogen-bond acceptors (Lipinski definition) is 5. The number of aliphatic hydroxyl groups excluding tert-OH is 3. The molecule has 0 spiro atoms. The van der Waals surface area contributed by atoms with Crippen LogP contribution in [0.15, 0.2) is 12.2 Å². The number of ether oxygens (including phenoxy) is 2. The van der Waals surface area contributed by atoms with Gasteiger partial charge in [-0.25, -0.2) is 0 Å². The van der Waals surface area contributed by atoms with E-state index in [0.717, 1.165) is 19.3 Å². The van der Waals surface area contributed by atoms with Gasteiger partial charge < -0.3 is 24.8 Å². The molecule has 4 atom stereocenters. The minimum atomic E-state index is -1.01. The number of rotatable bonds is 18. The Hall–Kier alpha value is -0.460. The Morgan fingerprint density at radius 1 is 0.929 bits per heavy atom. The van der Waals surface area contributed by atoms with Crippen LogP contribution < -0.4 is 0 Å². The maximum absolute atomic E-state index is 9.87. The van der Waals surface area contributed by atoms with Crippen molar-refractivity contribution in [1.29, 1.82) is 0 Å². The SMILES string of the molecule is CCCCCCCCCCCC/C=C/CCCO[C@H]1[C@@H]([C@H](O)CO)OC[C@@H]1O. The predicted molar refractivity (Wildman–Crippen MR) is 113 cm³/mol. The van der Waals surface area contributed by atoms with E-state index in [9.17, 15) is 10.2 Å². The van der Waals surface area contributed by atoms with E-state index in [0.29, 0.717) is 6.61 Å². The number of unbranched alkanes of at least 4 members (excludes halogenated alkanes) is 11. The highest BCUT2D eigenvalue weighted by Gasteiger charge is 2.40. The van der Waals surface area contributed by atoms with E-state index in [1.807, 2.05) is 0 Å². The van der Waals surface area contributed by atoms with Gasteiger partial charge in [-0.2, -0.15) is 0 Å². The van der Waals surface area contributed by atoms with Crippen LogP contribution in [0.2, 0.25) is 0 Å². The molecule has 0 unspecified atom stereocenters. The van der Waals surface area contributed by atoms with Crippen LogP contribution in [0, 0.1) is 0 Å². The monoisotopic (exact) mass is 400 g/mol. The summed E-state index contributed by atoms with van der Waals surface area (Å²) in [5.41, 5.74) is 0. The quantitative estimate of drug-likeness (QED) is 0.238. The van der Waals surface area contributed by atoms with Crippen LogP contribution in [0.4, 0.5) is 0 Å². The van der Waals surface area contributed by atoms with Crippen molar-refractivity contribution >= 4 is 0 Å². The van der Waals surface area contributed by atoms with Gasteiger partial charge in [-0.05, 0) is 25.7 Å². The van der Waals surface area contributed by atoms with Crippen LogP contribution in [0.3, 0.4) is 0 Å². The van der Waals surface area contributed by atoms with Crippen molar-refractivity contribution < 1.29 is 24.8 Å². The first-order valence-electron chi connectivity index (χ1n) is 11.6. The van der Waals surface area contributed by atoms with Crippen molar-refractivity contribution in [3.8, 4) is 0 Å². The molecule has 166 valence electrons. The second-order valence-corrected chi connectivity index (χ2v) is 8.03. The lowest BCUT2D eigenvalue weighted by Gasteiger charge is -2.23. The summed E-state index contributed by atoms with van der Waals surface area (Å²) in [6.45, 7) is 2.53. The molecule has 5 nitrogen and oxygen atoms in total. The smallest absolute Gasteiger partial charge is 0.114 e. The normalized spacial score (nSPS) is 23.6. The topological polar surface area (TPSA) is 79.2 Å². The molecule has 0 aliphatic carbocycles. The van der Waals surface area contributed by atoms with E-state index >= 15 is 0 Å². The zero-order valence-corrected chi connectivity index (χ0v) is 17.9. The predicted octanol–water partition coefficient (Wildman–Crippen LogP) is 4.13. The molecule has 3 N–H and O–H groups in total. The standard InChI is InChI=1S/C23H44O5/c1-2-3-4-5-6-7-8-9-10-11-12-13-14-15-16-17-27-23-21(26)19-28-22(23)20(25)18-24/h13-14,20-26H,2-12,15-19H2,1H3/b14-13+/t20-,21+,22-,23-/m1/s1. The third-order valence-corrected chi connectivity index (χ3v) is 5.45. The Bertz CT molecular complexity index is 374.